The van der Waals surface area contributed by atoms with E-state index < -0.39 is 0 Å². The normalized spacial score (nSPS) is 17.3. The van der Waals surface area contributed by atoms with Crippen molar-refractivity contribution >= 4 is 11.6 Å². The molecular formula is C20H31NO3. The van der Waals surface area contributed by atoms with E-state index in [1.165, 1.54) is 19.3 Å². The minimum absolute atomic E-state index is 0.0349. The van der Waals surface area contributed by atoms with Crippen LogP contribution in [0.15, 0.2) is 24.3 Å². The van der Waals surface area contributed by atoms with Gasteiger partial charge < -0.3 is 14.8 Å². The molecule has 2 rings (SSSR count). The molecule has 1 unspecified atom stereocenters. The molecule has 0 spiro atoms. The number of nitrogens with one attached hydrogen (secondary N) is 1. The number of carbonyl (C=O) groups excluding carboxylic acids is 1. The Hall–Kier alpha value is -1.55. The highest BCUT2D eigenvalue weighted by Gasteiger charge is 2.25. The number of hydrogen-bond acceptors (Lipinski definition) is 3. The van der Waals surface area contributed by atoms with Gasteiger partial charge in [0.2, 0.25) is 5.91 Å². The van der Waals surface area contributed by atoms with Crippen molar-refractivity contribution in [3.8, 4) is 5.75 Å². The second-order valence-corrected chi connectivity index (χ2v) is 7.30. The number of hydrogen-bond donors (Lipinski definition) is 1. The van der Waals surface area contributed by atoms with E-state index in [2.05, 4.69) is 5.32 Å². The number of ether oxygens (including phenoxy) is 2. The van der Waals surface area contributed by atoms with Crippen molar-refractivity contribution in [1.82, 2.24) is 0 Å². The Morgan fingerprint density at radius 2 is 1.83 bits per heavy atom. The van der Waals surface area contributed by atoms with Crippen LogP contribution < -0.4 is 10.1 Å². The number of rotatable bonds is 7. The highest BCUT2D eigenvalue weighted by Crippen LogP contribution is 2.25. The van der Waals surface area contributed by atoms with Crippen LogP contribution in [0.4, 0.5) is 5.69 Å². The molecule has 4 heteroatoms. The first-order chi connectivity index (χ1) is 11.4. The van der Waals surface area contributed by atoms with Gasteiger partial charge in [-0.05, 0) is 50.5 Å². The maximum absolute atomic E-state index is 12.2. The van der Waals surface area contributed by atoms with Gasteiger partial charge in [0, 0.05) is 11.1 Å². The van der Waals surface area contributed by atoms with E-state index in [9.17, 15) is 4.79 Å². The predicted octanol–water partition coefficient (Wildman–Crippen LogP) is 5.14. The van der Waals surface area contributed by atoms with E-state index >= 15 is 0 Å². The molecule has 134 valence electrons. The van der Waals surface area contributed by atoms with Crippen LogP contribution in [0, 0.1) is 5.41 Å². The van der Waals surface area contributed by atoms with Gasteiger partial charge in [0.1, 0.15) is 5.75 Å². The van der Waals surface area contributed by atoms with Crippen molar-refractivity contribution in [2.45, 2.75) is 78.6 Å². The van der Waals surface area contributed by atoms with Gasteiger partial charge in [0.15, 0.2) is 6.29 Å². The quantitative estimate of drug-likeness (QED) is 0.703. The molecule has 1 aliphatic carbocycles. The van der Waals surface area contributed by atoms with Gasteiger partial charge in [-0.3, -0.25) is 4.79 Å². The Balaban J connectivity index is 1.84. The summed E-state index contributed by atoms with van der Waals surface area (Å²) in [5.41, 5.74) is 0.423. The Kier molecular flexibility index (Phi) is 6.67. The Morgan fingerprint density at radius 1 is 1.21 bits per heavy atom. The lowest BCUT2D eigenvalue weighted by atomic mass is 9.89. The van der Waals surface area contributed by atoms with Gasteiger partial charge in [-0.15, -0.1) is 0 Å². The number of anilines is 1. The van der Waals surface area contributed by atoms with E-state index in [1.807, 2.05) is 52.0 Å². The minimum atomic E-state index is -0.364. The Bertz CT molecular complexity index is 518. The lowest BCUT2D eigenvalue weighted by Gasteiger charge is -2.26. The highest BCUT2D eigenvalue weighted by molar-refractivity contribution is 5.94. The van der Waals surface area contributed by atoms with Crippen LogP contribution in [0.2, 0.25) is 0 Å². The third-order valence-electron chi connectivity index (χ3n) is 4.85. The molecule has 0 heterocycles. The lowest BCUT2D eigenvalue weighted by molar-refractivity contribution is -0.124. The van der Waals surface area contributed by atoms with Crippen LogP contribution in [0.5, 0.6) is 5.75 Å². The van der Waals surface area contributed by atoms with Crippen molar-refractivity contribution in [2.24, 2.45) is 5.41 Å². The van der Waals surface area contributed by atoms with Gasteiger partial charge in [0.05, 0.1) is 6.10 Å². The molecule has 24 heavy (non-hydrogen) atoms. The molecule has 4 nitrogen and oxygen atoms in total. The van der Waals surface area contributed by atoms with Crippen LogP contribution in [-0.4, -0.2) is 18.3 Å². The molecule has 1 aromatic rings. The fourth-order valence-electron chi connectivity index (χ4n) is 2.77. The molecule has 0 bridgehead atoms. The van der Waals surface area contributed by atoms with E-state index in [4.69, 9.17) is 9.47 Å². The molecule has 1 aromatic carbocycles. The predicted molar refractivity (Wildman–Crippen MR) is 97.2 cm³/mol. The van der Waals surface area contributed by atoms with Crippen LogP contribution in [0.25, 0.3) is 0 Å². The van der Waals surface area contributed by atoms with Crippen LogP contribution >= 0.6 is 0 Å². The van der Waals surface area contributed by atoms with E-state index in [-0.39, 0.29) is 17.6 Å². The molecule has 0 saturated heterocycles. The molecule has 1 saturated carbocycles. The fraction of sp³-hybridized carbons (Fsp3) is 0.650. The summed E-state index contributed by atoms with van der Waals surface area (Å²) in [5.74, 6) is 0.790. The van der Waals surface area contributed by atoms with E-state index in [0.29, 0.717) is 6.10 Å². The monoisotopic (exact) mass is 333 g/mol. The molecule has 1 aliphatic rings. The van der Waals surface area contributed by atoms with Crippen LogP contribution in [-0.2, 0) is 9.53 Å². The van der Waals surface area contributed by atoms with Crippen molar-refractivity contribution in [3.05, 3.63) is 24.3 Å². The zero-order valence-corrected chi connectivity index (χ0v) is 15.4. The second-order valence-electron chi connectivity index (χ2n) is 7.30. The average Bonchev–Trinajstić information content (AvgIpc) is 2.57. The van der Waals surface area contributed by atoms with Gasteiger partial charge in [-0.1, -0.05) is 40.0 Å². The van der Waals surface area contributed by atoms with Gasteiger partial charge in [0.25, 0.3) is 0 Å². The minimum Gasteiger partial charge on any atom is -0.465 e. The highest BCUT2D eigenvalue weighted by atomic mass is 16.7. The first kappa shape index (κ1) is 18.8. The smallest absolute Gasteiger partial charge is 0.230 e. The molecule has 1 fully saturated rings. The fourth-order valence-corrected chi connectivity index (χ4v) is 2.77. The van der Waals surface area contributed by atoms with Gasteiger partial charge in [-0.2, -0.15) is 0 Å². The molecule has 0 aliphatic heterocycles. The first-order valence-corrected chi connectivity index (χ1v) is 9.14. The third-order valence-corrected chi connectivity index (χ3v) is 4.85. The summed E-state index contributed by atoms with van der Waals surface area (Å²) < 4.78 is 11.8. The van der Waals surface area contributed by atoms with E-state index in [1.54, 1.807) is 0 Å². The summed E-state index contributed by atoms with van der Waals surface area (Å²) in [5, 5.41) is 2.95. The summed E-state index contributed by atoms with van der Waals surface area (Å²) in [4.78, 5) is 12.2. The standard InChI is InChI=1S/C20H31NO3/c1-5-20(3,4)19(22)21-16-11-13-18(14-12-16)24-15(2)23-17-9-7-6-8-10-17/h11-15,17H,5-10H2,1-4H3,(H,21,22). The van der Waals surface area contributed by atoms with Gasteiger partial charge in [-0.25, -0.2) is 0 Å². The largest absolute Gasteiger partial charge is 0.465 e. The molecular weight excluding hydrogens is 302 g/mol. The zero-order valence-electron chi connectivity index (χ0n) is 15.4. The summed E-state index contributed by atoms with van der Waals surface area (Å²) >= 11 is 0. The van der Waals surface area contributed by atoms with Crippen molar-refractivity contribution in [1.29, 1.82) is 0 Å². The number of amides is 1. The Morgan fingerprint density at radius 3 is 2.42 bits per heavy atom. The summed E-state index contributed by atoms with van der Waals surface area (Å²) in [6, 6.07) is 7.48. The van der Waals surface area contributed by atoms with Crippen LogP contribution in [0.3, 0.4) is 0 Å². The SMILES string of the molecule is CCC(C)(C)C(=O)Nc1ccc(OC(C)OC2CCCCC2)cc1. The van der Waals surface area contributed by atoms with Crippen molar-refractivity contribution in [2.75, 3.05) is 5.32 Å². The lowest BCUT2D eigenvalue weighted by Crippen LogP contribution is -2.30. The molecule has 1 atom stereocenters. The third kappa shape index (κ3) is 5.52. The Labute approximate surface area is 145 Å². The maximum atomic E-state index is 12.2. The molecule has 0 radical (unpaired) electrons. The van der Waals surface area contributed by atoms with Crippen LogP contribution in [0.1, 0.15) is 66.2 Å². The molecule has 0 aromatic heterocycles. The summed E-state index contributed by atoms with van der Waals surface area (Å²) in [7, 11) is 0. The summed E-state index contributed by atoms with van der Waals surface area (Å²) in [6.45, 7) is 7.85. The molecule has 1 amide bonds. The van der Waals surface area contributed by atoms with Crippen molar-refractivity contribution < 1.29 is 14.3 Å². The topological polar surface area (TPSA) is 47.6 Å². The number of benzene rings is 1. The first-order valence-electron chi connectivity index (χ1n) is 9.14. The average molecular weight is 333 g/mol. The summed E-state index contributed by atoms with van der Waals surface area (Å²) in [6.07, 6.45) is 6.95. The number of carbonyl (C=O) groups is 1. The van der Waals surface area contributed by atoms with Gasteiger partial charge >= 0.3 is 0 Å². The van der Waals surface area contributed by atoms with E-state index in [0.717, 1.165) is 30.7 Å². The second kappa shape index (κ2) is 8.52. The zero-order chi connectivity index (χ0) is 17.6. The maximum Gasteiger partial charge on any atom is 0.230 e. The molecule has 1 N–H and O–H groups in total. The van der Waals surface area contributed by atoms with Crippen molar-refractivity contribution in [3.63, 3.8) is 0 Å².